The first-order chi connectivity index (χ1) is 13.7. The Morgan fingerprint density at radius 2 is 2.00 bits per heavy atom. The molecule has 2 heterocycles. The lowest BCUT2D eigenvalue weighted by atomic mass is 9.91. The zero-order valence-electron chi connectivity index (χ0n) is 19.8. The Labute approximate surface area is 185 Å². The van der Waals surface area contributed by atoms with Gasteiger partial charge < -0.3 is 14.2 Å². The Balaban J connectivity index is 2.05. The molecule has 7 heteroatoms. The van der Waals surface area contributed by atoms with Crippen LogP contribution in [0, 0.1) is 5.92 Å². The van der Waals surface area contributed by atoms with Gasteiger partial charge in [0.15, 0.2) is 0 Å². The van der Waals surface area contributed by atoms with Gasteiger partial charge in [0, 0.05) is 29.6 Å². The standard InChI is InChI=1S/C23H39N3O3S/c1-21(2,3)29-20(27)26-16-17(15-23(26,7)8)12-13-19(18-11-9-10-14-24-18)25-30(28)22(4,5)6/h9-11,14,17,19,25H,12-13,15-16H2,1-8H3/t17-,19?,30?/m0/s1. The number of ether oxygens (including phenoxy) is 1. The minimum atomic E-state index is -1.19. The van der Waals surface area contributed by atoms with Crippen molar-refractivity contribution >= 4 is 17.5 Å². The highest BCUT2D eigenvalue weighted by molar-refractivity contribution is 7.90. The minimum absolute atomic E-state index is 0.0926. The van der Waals surface area contributed by atoms with Gasteiger partial charge in [-0.15, -0.1) is 4.72 Å². The first-order valence-electron chi connectivity index (χ1n) is 10.8. The van der Waals surface area contributed by atoms with E-state index in [1.165, 1.54) is 0 Å². The number of carbonyl (C=O) groups is 1. The van der Waals surface area contributed by atoms with E-state index in [-0.39, 0.29) is 22.4 Å². The number of rotatable bonds is 6. The first-order valence-corrected chi connectivity index (χ1v) is 11.9. The summed E-state index contributed by atoms with van der Waals surface area (Å²) in [6, 6.07) is 5.73. The Morgan fingerprint density at radius 3 is 2.53 bits per heavy atom. The van der Waals surface area contributed by atoms with Gasteiger partial charge in [0.1, 0.15) is 10.3 Å². The van der Waals surface area contributed by atoms with Crippen molar-refractivity contribution in [2.45, 2.75) is 96.6 Å². The molecule has 0 spiro atoms. The second-order valence-corrected chi connectivity index (χ2v) is 12.9. The van der Waals surface area contributed by atoms with Gasteiger partial charge in [-0.25, -0.2) is 4.79 Å². The molecule has 1 fully saturated rings. The molecule has 1 aliphatic heterocycles. The van der Waals surface area contributed by atoms with Crippen LogP contribution in [0.5, 0.6) is 0 Å². The number of nitrogens with zero attached hydrogens (tertiary/aromatic N) is 2. The molecule has 0 radical (unpaired) electrons. The van der Waals surface area contributed by atoms with E-state index < -0.39 is 17.0 Å². The molecule has 1 aromatic heterocycles. The third-order valence-electron chi connectivity index (χ3n) is 5.29. The van der Waals surface area contributed by atoms with Crippen molar-refractivity contribution in [1.29, 1.82) is 0 Å². The average Bonchev–Trinajstić information content (AvgIpc) is 2.91. The molecule has 0 aliphatic carbocycles. The number of hydrogen-bond donors (Lipinski definition) is 1. The van der Waals surface area contributed by atoms with E-state index in [9.17, 15) is 9.35 Å². The van der Waals surface area contributed by atoms with Crippen molar-refractivity contribution < 1.29 is 14.1 Å². The van der Waals surface area contributed by atoms with E-state index in [2.05, 4.69) is 23.6 Å². The fraction of sp³-hybridized carbons (Fsp3) is 0.739. The molecule has 1 saturated heterocycles. The molecule has 3 atom stereocenters. The van der Waals surface area contributed by atoms with Gasteiger partial charge in [0.05, 0.1) is 11.7 Å². The van der Waals surface area contributed by atoms with Crippen molar-refractivity contribution in [2.75, 3.05) is 6.54 Å². The molecular formula is C23H39N3O3S. The molecule has 30 heavy (non-hydrogen) atoms. The highest BCUT2D eigenvalue weighted by Gasteiger charge is 2.43. The van der Waals surface area contributed by atoms with Crippen molar-refractivity contribution in [1.82, 2.24) is 14.6 Å². The molecule has 2 rings (SSSR count). The topological polar surface area (TPSA) is 77.5 Å². The molecule has 1 N–H and O–H groups in total. The highest BCUT2D eigenvalue weighted by Crippen LogP contribution is 2.37. The Kier molecular flexibility index (Phi) is 7.86. The van der Waals surface area contributed by atoms with Crippen LogP contribution in [0.3, 0.4) is 0 Å². The maximum atomic E-state index is 12.7. The first kappa shape index (κ1) is 25.0. The Bertz CT molecular complexity index is 698. The van der Waals surface area contributed by atoms with Gasteiger partial charge in [0.2, 0.25) is 0 Å². The molecule has 1 aromatic rings. The summed E-state index contributed by atoms with van der Waals surface area (Å²) < 4.78 is 21.3. The molecule has 0 bridgehead atoms. The maximum Gasteiger partial charge on any atom is 0.410 e. The largest absolute Gasteiger partial charge is 0.598 e. The van der Waals surface area contributed by atoms with E-state index >= 15 is 0 Å². The number of likely N-dealkylation sites (tertiary alicyclic amines) is 1. The van der Waals surface area contributed by atoms with Gasteiger partial charge in [-0.1, -0.05) is 6.07 Å². The molecule has 170 valence electrons. The number of nitrogens with one attached hydrogen (secondary N) is 1. The van der Waals surface area contributed by atoms with E-state index in [1.54, 1.807) is 6.20 Å². The average molecular weight is 438 g/mol. The Hall–Kier alpha value is -1.31. The number of amides is 1. The third-order valence-corrected chi connectivity index (χ3v) is 6.90. The minimum Gasteiger partial charge on any atom is -0.598 e. The van der Waals surface area contributed by atoms with Crippen molar-refractivity contribution in [3.63, 3.8) is 0 Å². The van der Waals surface area contributed by atoms with Crippen LogP contribution in [-0.4, -0.2) is 43.0 Å². The summed E-state index contributed by atoms with van der Waals surface area (Å²) in [6.45, 7) is 16.4. The fourth-order valence-electron chi connectivity index (χ4n) is 3.78. The van der Waals surface area contributed by atoms with Crippen molar-refractivity contribution in [3.8, 4) is 0 Å². The lowest BCUT2D eigenvalue weighted by Crippen LogP contribution is -2.45. The summed E-state index contributed by atoms with van der Waals surface area (Å²) in [5, 5.41) is 0. The van der Waals surface area contributed by atoms with Gasteiger partial charge >= 0.3 is 6.09 Å². The smallest absolute Gasteiger partial charge is 0.410 e. The number of aromatic nitrogens is 1. The van der Waals surface area contributed by atoms with Crippen molar-refractivity contribution in [3.05, 3.63) is 30.1 Å². The molecule has 1 amide bonds. The van der Waals surface area contributed by atoms with E-state index in [0.717, 1.165) is 25.0 Å². The lowest BCUT2D eigenvalue weighted by molar-refractivity contribution is 0.0131. The zero-order chi connectivity index (χ0) is 22.7. The molecule has 0 saturated carbocycles. The molecular weight excluding hydrogens is 398 g/mol. The summed E-state index contributed by atoms with van der Waals surface area (Å²) in [4.78, 5) is 19.0. The van der Waals surface area contributed by atoms with Crippen LogP contribution in [0.4, 0.5) is 4.79 Å². The number of pyridine rings is 1. The quantitative estimate of drug-likeness (QED) is 0.634. The van der Waals surface area contributed by atoms with E-state index in [4.69, 9.17) is 4.74 Å². The monoisotopic (exact) mass is 437 g/mol. The van der Waals surface area contributed by atoms with E-state index in [0.29, 0.717) is 12.5 Å². The predicted octanol–water partition coefficient (Wildman–Crippen LogP) is 4.99. The van der Waals surface area contributed by atoms with Crippen LogP contribution in [0.1, 0.15) is 86.4 Å². The second kappa shape index (κ2) is 9.45. The maximum absolute atomic E-state index is 12.7. The summed E-state index contributed by atoms with van der Waals surface area (Å²) in [7, 11) is 0. The van der Waals surface area contributed by atoms with Gasteiger partial charge in [-0.05, 0) is 92.7 Å². The van der Waals surface area contributed by atoms with Crippen LogP contribution in [0.25, 0.3) is 0 Å². The third kappa shape index (κ3) is 7.13. The molecule has 0 aromatic carbocycles. The second-order valence-electron chi connectivity index (χ2n) is 10.9. The molecule has 2 unspecified atom stereocenters. The zero-order valence-corrected chi connectivity index (χ0v) is 20.6. The van der Waals surface area contributed by atoms with Gasteiger partial charge in [-0.2, -0.15) is 0 Å². The van der Waals surface area contributed by atoms with Crippen LogP contribution >= 0.6 is 0 Å². The van der Waals surface area contributed by atoms with Crippen LogP contribution in [0.15, 0.2) is 24.4 Å². The number of carbonyl (C=O) groups excluding carboxylic acids is 1. The summed E-state index contributed by atoms with van der Waals surface area (Å²) in [5.41, 5.74) is 0.155. The van der Waals surface area contributed by atoms with Crippen LogP contribution in [0.2, 0.25) is 0 Å². The van der Waals surface area contributed by atoms with Crippen LogP contribution in [-0.2, 0) is 16.1 Å². The van der Waals surface area contributed by atoms with Crippen molar-refractivity contribution in [2.24, 2.45) is 5.92 Å². The van der Waals surface area contributed by atoms with Gasteiger partial charge in [0.25, 0.3) is 0 Å². The fourth-order valence-corrected chi connectivity index (χ4v) is 4.63. The normalized spacial score (nSPS) is 21.4. The molecule has 1 aliphatic rings. The predicted molar refractivity (Wildman–Crippen MR) is 122 cm³/mol. The summed E-state index contributed by atoms with van der Waals surface area (Å²) >= 11 is -1.19. The summed E-state index contributed by atoms with van der Waals surface area (Å²) in [5.74, 6) is 0.364. The van der Waals surface area contributed by atoms with E-state index in [1.807, 2.05) is 64.6 Å². The SMILES string of the molecule is CC(C)(C)OC(=O)N1C[C@@H](CCC(N[S+]([O-])C(C)(C)C)c2ccccn2)CC1(C)C. The van der Waals surface area contributed by atoms with Gasteiger partial charge in [-0.3, -0.25) is 4.98 Å². The number of hydrogen-bond acceptors (Lipinski definition) is 5. The molecule has 6 nitrogen and oxygen atoms in total. The highest BCUT2D eigenvalue weighted by atomic mass is 32.2. The Morgan fingerprint density at radius 1 is 1.33 bits per heavy atom. The summed E-state index contributed by atoms with van der Waals surface area (Å²) in [6.07, 6.45) is 4.17. The van der Waals surface area contributed by atoms with Crippen LogP contribution < -0.4 is 4.72 Å². The lowest BCUT2D eigenvalue weighted by Gasteiger charge is -2.33.